The van der Waals surface area contributed by atoms with Crippen LogP contribution >= 0.6 is 0 Å². The van der Waals surface area contributed by atoms with Crippen LogP contribution in [0.25, 0.3) is 27.8 Å². The molecular weight excluding hydrogens is 362 g/mol. The molecule has 0 aliphatic heterocycles. The quantitative estimate of drug-likeness (QED) is 0.454. The first-order valence-corrected chi connectivity index (χ1v) is 9.62. The molecule has 4 nitrogen and oxygen atoms in total. The van der Waals surface area contributed by atoms with Crippen molar-refractivity contribution in [1.82, 2.24) is 4.57 Å². The summed E-state index contributed by atoms with van der Waals surface area (Å²) < 4.78 is 13.5. The molecule has 0 saturated carbocycles. The summed E-state index contributed by atoms with van der Waals surface area (Å²) in [6.07, 6.45) is 0. The Morgan fingerprint density at radius 2 is 1.45 bits per heavy atom. The minimum atomic E-state index is -0.237. The lowest BCUT2D eigenvalue weighted by atomic mass is 10.1. The van der Waals surface area contributed by atoms with Crippen LogP contribution in [0.2, 0.25) is 0 Å². The van der Waals surface area contributed by atoms with E-state index in [-0.39, 0.29) is 11.4 Å². The standard InChI is InChI=1S/C25H25NO3/c1-25(2,3)29-21-11-5-17(6-12-21)24-16-18-15-22(28-4)13-14-23(18)26(24)19-7-9-20(27)10-8-19/h5-16,27H,1-4H3. The zero-order chi connectivity index (χ0) is 20.6. The van der Waals surface area contributed by atoms with Gasteiger partial charge in [-0.15, -0.1) is 0 Å². The van der Waals surface area contributed by atoms with Gasteiger partial charge in [-0.1, -0.05) is 0 Å². The number of ether oxygens (including phenoxy) is 2. The predicted octanol–water partition coefficient (Wildman–Crippen LogP) is 6.19. The van der Waals surface area contributed by atoms with E-state index >= 15 is 0 Å². The van der Waals surface area contributed by atoms with E-state index in [1.807, 2.05) is 57.2 Å². The molecule has 0 bridgehead atoms. The largest absolute Gasteiger partial charge is 0.508 e. The van der Waals surface area contributed by atoms with Crippen molar-refractivity contribution >= 4 is 10.9 Å². The van der Waals surface area contributed by atoms with E-state index in [1.165, 1.54) is 0 Å². The third-order valence-corrected chi connectivity index (χ3v) is 4.69. The fourth-order valence-corrected chi connectivity index (χ4v) is 3.46. The van der Waals surface area contributed by atoms with Crippen molar-refractivity contribution < 1.29 is 14.6 Å². The number of benzene rings is 3. The Bertz CT molecular complexity index is 1130. The highest BCUT2D eigenvalue weighted by Gasteiger charge is 2.15. The summed E-state index contributed by atoms with van der Waals surface area (Å²) >= 11 is 0. The van der Waals surface area contributed by atoms with Gasteiger partial charge >= 0.3 is 0 Å². The summed E-state index contributed by atoms with van der Waals surface area (Å²) in [4.78, 5) is 0. The Morgan fingerprint density at radius 1 is 0.793 bits per heavy atom. The minimum absolute atomic E-state index is 0.237. The second-order valence-electron chi connectivity index (χ2n) is 8.04. The molecule has 4 aromatic rings. The molecule has 0 amide bonds. The van der Waals surface area contributed by atoms with E-state index in [1.54, 1.807) is 19.2 Å². The summed E-state index contributed by atoms with van der Waals surface area (Å²) in [6.45, 7) is 6.12. The molecule has 0 radical (unpaired) electrons. The van der Waals surface area contributed by atoms with Crippen LogP contribution in [0.5, 0.6) is 17.2 Å². The Labute approximate surface area is 170 Å². The number of methoxy groups -OCH3 is 1. The van der Waals surface area contributed by atoms with Crippen LogP contribution in [0.3, 0.4) is 0 Å². The van der Waals surface area contributed by atoms with E-state index in [4.69, 9.17) is 9.47 Å². The molecule has 0 unspecified atom stereocenters. The molecule has 1 heterocycles. The monoisotopic (exact) mass is 387 g/mol. The van der Waals surface area contributed by atoms with Gasteiger partial charge < -0.3 is 19.1 Å². The Balaban J connectivity index is 1.86. The van der Waals surface area contributed by atoms with Crippen molar-refractivity contribution in [2.75, 3.05) is 7.11 Å². The zero-order valence-electron chi connectivity index (χ0n) is 17.1. The summed E-state index contributed by atoms with van der Waals surface area (Å²) in [5.41, 5.74) is 3.95. The molecule has 0 aliphatic rings. The number of hydrogen-bond donors (Lipinski definition) is 1. The second kappa shape index (κ2) is 7.21. The number of nitrogens with zero attached hydrogens (tertiary/aromatic N) is 1. The molecule has 29 heavy (non-hydrogen) atoms. The molecule has 0 aliphatic carbocycles. The summed E-state index contributed by atoms with van der Waals surface area (Å²) in [6, 6.07) is 23.6. The van der Waals surface area contributed by atoms with E-state index < -0.39 is 0 Å². The van der Waals surface area contributed by atoms with Crippen LogP contribution in [0.1, 0.15) is 20.8 Å². The Kier molecular flexibility index (Phi) is 4.71. The van der Waals surface area contributed by atoms with E-state index in [2.05, 4.69) is 28.8 Å². The Morgan fingerprint density at radius 3 is 2.07 bits per heavy atom. The van der Waals surface area contributed by atoms with E-state index in [0.29, 0.717) is 0 Å². The lowest BCUT2D eigenvalue weighted by Gasteiger charge is -2.21. The first-order chi connectivity index (χ1) is 13.8. The van der Waals surface area contributed by atoms with Gasteiger partial charge in [0.15, 0.2) is 0 Å². The SMILES string of the molecule is COc1ccc2c(c1)cc(-c1ccc(OC(C)(C)C)cc1)n2-c1ccc(O)cc1. The molecular formula is C25H25NO3. The summed E-state index contributed by atoms with van der Waals surface area (Å²) in [5.74, 6) is 1.91. The molecule has 0 saturated heterocycles. The third-order valence-electron chi connectivity index (χ3n) is 4.69. The van der Waals surface area contributed by atoms with Gasteiger partial charge in [-0.25, -0.2) is 0 Å². The number of hydrogen-bond acceptors (Lipinski definition) is 3. The number of phenols is 1. The van der Waals surface area contributed by atoms with Gasteiger partial charge in [0.25, 0.3) is 0 Å². The van der Waals surface area contributed by atoms with Gasteiger partial charge in [-0.05, 0) is 99.1 Å². The summed E-state index contributed by atoms with van der Waals surface area (Å²) in [5, 5.41) is 10.8. The average molecular weight is 387 g/mol. The van der Waals surface area contributed by atoms with Gasteiger partial charge in [-0.3, -0.25) is 0 Å². The summed E-state index contributed by atoms with van der Waals surface area (Å²) in [7, 11) is 1.67. The lowest BCUT2D eigenvalue weighted by molar-refractivity contribution is 0.131. The van der Waals surface area contributed by atoms with E-state index in [9.17, 15) is 5.11 Å². The maximum atomic E-state index is 9.71. The van der Waals surface area contributed by atoms with Crippen LogP contribution in [0.4, 0.5) is 0 Å². The highest BCUT2D eigenvalue weighted by atomic mass is 16.5. The first kappa shape index (κ1) is 18.9. The van der Waals surface area contributed by atoms with E-state index in [0.717, 1.165) is 39.3 Å². The average Bonchev–Trinajstić information content (AvgIpc) is 3.06. The number of aromatic hydroxyl groups is 1. The molecule has 0 atom stereocenters. The molecule has 1 N–H and O–H groups in total. The van der Waals surface area contributed by atoms with Crippen LogP contribution in [-0.4, -0.2) is 22.4 Å². The van der Waals surface area contributed by atoms with Crippen LogP contribution < -0.4 is 9.47 Å². The van der Waals surface area contributed by atoms with Crippen molar-refractivity contribution in [2.45, 2.75) is 26.4 Å². The number of phenolic OH excluding ortho intramolecular Hbond substituents is 1. The molecule has 4 heteroatoms. The van der Waals surface area contributed by atoms with Gasteiger partial charge in [0.1, 0.15) is 22.8 Å². The van der Waals surface area contributed by atoms with Crippen molar-refractivity contribution in [3.63, 3.8) is 0 Å². The van der Waals surface area contributed by atoms with Crippen molar-refractivity contribution in [3.05, 3.63) is 72.8 Å². The van der Waals surface area contributed by atoms with Crippen LogP contribution in [-0.2, 0) is 0 Å². The number of aromatic nitrogens is 1. The molecule has 4 rings (SSSR count). The van der Waals surface area contributed by atoms with Gasteiger partial charge in [0.2, 0.25) is 0 Å². The second-order valence-corrected chi connectivity index (χ2v) is 8.04. The fraction of sp³-hybridized carbons (Fsp3) is 0.200. The minimum Gasteiger partial charge on any atom is -0.508 e. The van der Waals surface area contributed by atoms with Crippen LogP contribution in [0, 0.1) is 0 Å². The highest BCUT2D eigenvalue weighted by Crippen LogP contribution is 2.34. The molecule has 148 valence electrons. The van der Waals surface area contributed by atoms with Gasteiger partial charge in [-0.2, -0.15) is 0 Å². The maximum absolute atomic E-state index is 9.71. The lowest BCUT2D eigenvalue weighted by Crippen LogP contribution is -2.22. The number of rotatable bonds is 4. The highest BCUT2D eigenvalue weighted by molar-refractivity contribution is 5.90. The van der Waals surface area contributed by atoms with Crippen molar-refractivity contribution in [1.29, 1.82) is 0 Å². The zero-order valence-corrected chi connectivity index (χ0v) is 17.1. The van der Waals surface area contributed by atoms with Crippen molar-refractivity contribution in [2.24, 2.45) is 0 Å². The normalized spacial score (nSPS) is 11.6. The van der Waals surface area contributed by atoms with Crippen molar-refractivity contribution in [3.8, 4) is 34.2 Å². The Hall–Kier alpha value is -3.40. The maximum Gasteiger partial charge on any atom is 0.120 e. The predicted molar refractivity (Wildman–Crippen MR) is 117 cm³/mol. The molecule has 0 fully saturated rings. The van der Waals surface area contributed by atoms with Gasteiger partial charge in [0, 0.05) is 11.1 Å². The topological polar surface area (TPSA) is 43.6 Å². The van der Waals surface area contributed by atoms with Gasteiger partial charge in [0.05, 0.1) is 18.3 Å². The molecule has 1 aromatic heterocycles. The first-order valence-electron chi connectivity index (χ1n) is 9.62. The molecule has 3 aromatic carbocycles. The fourth-order valence-electron chi connectivity index (χ4n) is 3.46. The molecule has 0 spiro atoms. The third kappa shape index (κ3) is 3.92. The van der Waals surface area contributed by atoms with Crippen LogP contribution in [0.15, 0.2) is 72.8 Å². The number of fused-ring (bicyclic) bond motifs is 1. The smallest absolute Gasteiger partial charge is 0.120 e.